The van der Waals surface area contributed by atoms with Crippen molar-refractivity contribution in [3.8, 4) is 11.8 Å². The minimum atomic E-state index is -4.45. The van der Waals surface area contributed by atoms with Crippen LogP contribution in [0.5, 0.6) is 0 Å². The summed E-state index contributed by atoms with van der Waals surface area (Å²) in [5.41, 5.74) is 0.399. The van der Waals surface area contributed by atoms with Gasteiger partial charge in [-0.25, -0.2) is 0 Å². The SMILES string of the molecule is FC(F)(F)C#Cc1cccc2ccccc12. The predicted molar refractivity (Wildman–Crippen MR) is 56.9 cm³/mol. The number of hydrogen-bond acceptors (Lipinski definition) is 0. The van der Waals surface area contributed by atoms with Crippen LogP contribution in [0.1, 0.15) is 5.56 Å². The van der Waals surface area contributed by atoms with Gasteiger partial charge in [-0.05, 0) is 16.8 Å². The van der Waals surface area contributed by atoms with Crippen molar-refractivity contribution in [2.75, 3.05) is 0 Å². The van der Waals surface area contributed by atoms with Gasteiger partial charge < -0.3 is 0 Å². The molecule has 0 N–H and O–H groups in total. The van der Waals surface area contributed by atoms with Gasteiger partial charge >= 0.3 is 6.18 Å². The average molecular weight is 220 g/mol. The van der Waals surface area contributed by atoms with Crippen LogP contribution in [0, 0.1) is 11.8 Å². The Labute approximate surface area is 90.7 Å². The van der Waals surface area contributed by atoms with E-state index in [0.717, 1.165) is 10.8 Å². The number of rotatable bonds is 0. The van der Waals surface area contributed by atoms with Gasteiger partial charge in [0.1, 0.15) is 0 Å². The van der Waals surface area contributed by atoms with Gasteiger partial charge in [0.05, 0.1) is 0 Å². The molecule has 2 rings (SSSR count). The second-order valence-corrected chi connectivity index (χ2v) is 3.27. The molecule has 0 aliphatic heterocycles. The Morgan fingerprint density at radius 2 is 1.56 bits per heavy atom. The summed E-state index contributed by atoms with van der Waals surface area (Å²) >= 11 is 0. The van der Waals surface area contributed by atoms with E-state index in [2.05, 4.69) is 5.92 Å². The molecule has 0 fully saturated rings. The lowest BCUT2D eigenvalue weighted by Gasteiger charge is -1.99. The molecule has 16 heavy (non-hydrogen) atoms. The van der Waals surface area contributed by atoms with Crippen molar-refractivity contribution in [1.82, 2.24) is 0 Å². The maximum absolute atomic E-state index is 12.0. The van der Waals surface area contributed by atoms with Gasteiger partial charge in [-0.3, -0.25) is 0 Å². The Balaban J connectivity index is 2.56. The van der Waals surface area contributed by atoms with Crippen LogP contribution in [-0.2, 0) is 0 Å². The molecule has 2 aromatic rings. The van der Waals surface area contributed by atoms with Crippen molar-refractivity contribution in [1.29, 1.82) is 0 Å². The van der Waals surface area contributed by atoms with Gasteiger partial charge in [-0.2, -0.15) is 13.2 Å². The molecule has 2 aromatic carbocycles. The highest BCUT2D eigenvalue weighted by molar-refractivity contribution is 5.88. The molecule has 0 nitrogen and oxygen atoms in total. The third kappa shape index (κ3) is 2.34. The molecule has 0 unspecified atom stereocenters. The van der Waals surface area contributed by atoms with Crippen molar-refractivity contribution in [3.63, 3.8) is 0 Å². The fraction of sp³-hybridized carbons (Fsp3) is 0.0769. The van der Waals surface area contributed by atoms with Crippen LogP contribution >= 0.6 is 0 Å². The maximum Gasteiger partial charge on any atom is 0.458 e. The lowest BCUT2D eigenvalue weighted by molar-refractivity contribution is -0.0696. The van der Waals surface area contributed by atoms with Crippen molar-refractivity contribution >= 4 is 10.8 Å². The molecule has 0 saturated carbocycles. The predicted octanol–water partition coefficient (Wildman–Crippen LogP) is 3.75. The number of halogens is 3. The van der Waals surface area contributed by atoms with E-state index in [9.17, 15) is 13.2 Å². The molecule has 0 bridgehead atoms. The Morgan fingerprint density at radius 1 is 0.875 bits per heavy atom. The van der Waals surface area contributed by atoms with Gasteiger partial charge in [0.2, 0.25) is 0 Å². The quantitative estimate of drug-likeness (QED) is 0.593. The van der Waals surface area contributed by atoms with Gasteiger partial charge in [-0.15, -0.1) is 0 Å². The molecule has 0 spiro atoms. The number of benzene rings is 2. The number of hydrogen-bond donors (Lipinski definition) is 0. The zero-order valence-electron chi connectivity index (χ0n) is 8.18. The van der Waals surface area contributed by atoms with E-state index in [1.807, 2.05) is 18.2 Å². The molecule has 0 saturated heterocycles. The zero-order valence-corrected chi connectivity index (χ0v) is 8.18. The first-order valence-corrected chi connectivity index (χ1v) is 4.64. The summed E-state index contributed by atoms with van der Waals surface area (Å²) in [7, 11) is 0. The van der Waals surface area contributed by atoms with E-state index >= 15 is 0 Å². The summed E-state index contributed by atoms with van der Waals surface area (Å²) in [5.74, 6) is 3.43. The smallest absolute Gasteiger partial charge is 0.159 e. The fourth-order valence-electron chi connectivity index (χ4n) is 1.47. The third-order valence-electron chi connectivity index (χ3n) is 2.13. The summed E-state index contributed by atoms with van der Waals surface area (Å²) in [6, 6.07) is 12.3. The van der Waals surface area contributed by atoms with Gasteiger partial charge in [0, 0.05) is 11.5 Å². The molecule has 3 heteroatoms. The second kappa shape index (κ2) is 3.90. The highest BCUT2D eigenvalue weighted by atomic mass is 19.4. The largest absolute Gasteiger partial charge is 0.458 e. The molecule has 0 amide bonds. The zero-order chi connectivity index (χ0) is 11.6. The summed E-state index contributed by atoms with van der Waals surface area (Å²) in [6.07, 6.45) is -4.45. The molecular formula is C13H7F3. The summed E-state index contributed by atoms with van der Waals surface area (Å²) in [6.45, 7) is 0. The van der Waals surface area contributed by atoms with Crippen LogP contribution in [0.4, 0.5) is 13.2 Å². The van der Waals surface area contributed by atoms with Crippen LogP contribution in [0.2, 0.25) is 0 Å². The van der Waals surface area contributed by atoms with Crippen LogP contribution in [0.25, 0.3) is 10.8 Å². The molecular weight excluding hydrogens is 213 g/mol. The van der Waals surface area contributed by atoms with E-state index in [-0.39, 0.29) is 0 Å². The normalized spacial score (nSPS) is 10.9. The van der Waals surface area contributed by atoms with Crippen molar-refractivity contribution < 1.29 is 13.2 Å². The lowest BCUT2D eigenvalue weighted by atomic mass is 10.1. The second-order valence-electron chi connectivity index (χ2n) is 3.27. The molecule has 80 valence electrons. The van der Waals surface area contributed by atoms with Gasteiger partial charge in [-0.1, -0.05) is 42.3 Å². The van der Waals surface area contributed by atoms with Gasteiger partial charge in [0.15, 0.2) is 0 Å². The lowest BCUT2D eigenvalue weighted by Crippen LogP contribution is -2.01. The Hall–Kier alpha value is -1.95. The highest BCUT2D eigenvalue weighted by Gasteiger charge is 2.22. The van der Waals surface area contributed by atoms with Crippen molar-refractivity contribution in [2.24, 2.45) is 0 Å². The average Bonchev–Trinajstić information content (AvgIpc) is 2.25. The fourth-order valence-corrected chi connectivity index (χ4v) is 1.47. The first-order chi connectivity index (χ1) is 7.56. The van der Waals surface area contributed by atoms with E-state index in [0.29, 0.717) is 5.56 Å². The van der Waals surface area contributed by atoms with Crippen LogP contribution in [0.3, 0.4) is 0 Å². The van der Waals surface area contributed by atoms with Crippen LogP contribution < -0.4 is 0 Å². The Kier molecular flexibility index (Phi) is 2.57. The third-order valence-corrected chi connectivity index (χ3v) is 2.13. The van der Waals surface area contributed by atoms with Crippen LogP contribution in [0.15, 0.2) is 42.5 Å². The molecule has 0 aromatic heterocycles. The van der Waals surface area contributed by atoms with Crippen LogP contribution in [-0.4, -0.2) is 6.18 Å². The highest BCUT2D eigenvalue weighted by Crippen LogP contribution is 2.18. The molecule has 0 radical (unpaired) electrons. The number of fused-ring (bicyclic) bond motifs is 1. The van der Waals surface area contributed by atoms with E-state index in [4.69, 9.17) is 0 Å². The first-order valence-electron chi connectivity index (χ1n) is 4.64. The summed E-state index contributed by atoms with van der Waals surface area (Å²) < 4.78 is 35.9. The monoisotopic (exact) mass is 220 g/mol. The van der Waals surface area contributed by atoms with E-state index < -0.39 is 6.18 Å². The summed E-state index contributed by atoms with van der Waals surface area (Å²) in [5, 5.41) is 1.62. The summed E-state index contributed by atoms with van der Waals surface area (Å²) in [4.78, 5) is 0. The molecule has 0 heterocycles. The van der Waals surface area contributed by atoms with E-state index in [1.165, 1.54) is 5.92 Å². The number of alkyl halides is 3. The Bertz CT molecular complexity index is 565. The van der Waals surface area contributed by atoms with E-state index in [1.54, 1.807) is 24.3 Å². The minimum Gasteiger partial charge on any atom is -0.159 e. The Morgan fingerprint density at radius 3 is 2.31 bits per heavy atom. The van der Waals surface area contributed by atoms with Crippen molar-refractivity contribution in [3.05, 3.63) is 48.0 Å². The van der Waals surface area contributed by atoms with Gasteiger partial charge in [0.25, 0.3) is 0 Å². The molecule has 0 aliphatic carbocycles. The van der Waals surface area contributed by atoms with Crippen molar-refractivity contribution in [2.45, 2.75) is 6.18 Å². The topological polar surface area (TPSA) is 0 Å². The molecule has 0 aliphatic rings. The standard InChI is InChI=1S/C13H7F3/c14-13(15,16)9-8-11-6-3-5-10-4-1-2-7-12(10)11/h1-7H. The molecule has 0 atom stereocenters. The first kappa shape index (κ1) is 10.6. The minimum absolute atomic E-state index is 0.399. The maximum atomic E-state index is 12.0.